The Morgan fingerprint density at radius 2 is 1.46 bits per heavy atom. The summed E-state index contributed by atoms with van der Waals surface area (Å²) in [5.74, 6) is -5.62. The number of nitrogens with two attached hydrogens (primary N) is 3. The number of carboxylic acids is 1. The van der Waals surface area contributed by atoms with Crippen molar-refractivity contribution in [3.05, 3.63) is 54.1 Å². The van der Waals surface area contributed by atoms with Crippen LogP contribution in [-0.2, 0) is 41.6 Å². The summed E-state index contributed by atoms with van der Waals surface area (Å²) in [6.45, 7) is 0. The number of aliphatic carboxylic acids is 1. The van der Waals surface area contributed by atoms with Crippen LogP contribution >= 0.6 is 0 Å². The van der Waals surface area contributed by atoms with E-state index in [1.54, 1.807) is 30.3 Å². The van der Waals surface area contributed by atoms with Crippen LogP contribution in [0.2, 0.25) is 0 Å². The molecule has 0 spiro atoms. The molecule has 4 atom stereocenters. The lowest BCUT2D eigenvalue weighted by Crippen LogP contribution is -2.58. The maximum absolute atomic E-state index is 13.2. The first-order chi connectivity index (χ1) is 18.5. The number of nitrogens with zero attached hydrogens (tertiary/aromatic N) is 1. The van der Waals surface area contributed by atoms with Crippen LogP contribution in [0.4, 0.5) is 0 Å². The summed E-state index contributed by atoms with van der Waals surface area (Å²) in [5.41, 5.74) is 17.5. The van der Waals surface area contributed by atoms with Crippen LogP contribution in [0.1, 0.15) is 30.5 Å². The first kappa shape index (κ1) is 30.4. The molecule has 39 heavy (non-hydrogen) atoms. The van der Waals surface area contributed by atoms with Gasteiger partial charge >= 0.3 is 5.97 Å². The summed E-state index contributed by atoms with van der Waals surface area (Å²) in [7, 11) is 0. The van der Waals surface area contributed by atoms with E-state index in [9.17, 15) is 33.9 Å². The van der Waals surface area contributed by atoms with Crippen molar-refractivity contribution in [3.8, 4) is 0 Å². The monoisotopic (exact) mass is 544 g/mol. The number of benzene rings is 1. The highest BCUT2D eigenvalue weighted by Gasteiger charge is 2.31. The van der Waals surface area contributed by atoms with E-state index in [-0.39, 0.29) is 25.7 Å². The van der Waals surface area contributed by atoms with Gasteiger partial charge < -0.3 is 43.2 Å². The zero-order valence-corrected chi connectivity index (χ0v) is 21.0. The van der Waals surface area contributed by atoms with Crippen molar-refractivity contribution in [1.82, 2.24) is 25.9 Å². The van der Waals surface area contributed by atoms with Gasteiger partial charge in [0.2, 0.25) is 29.5 Å². The Morgan fingerprint density at radius 1 is 0.846 bits per heavy atom. The molecule has 0 aliphatic heterocycles. The molecular formula is C24H32N8O7. The molecule has 15 heteroatoms. The van der Waals surface area contributed by atoms with Gasteiger partial charge in [-0.15, -0.1) is 0 Å². The van der Waals surface area contributed by atoms with Crippen molar-refractivity contribution in [1.29, 1.82) is 0 Å². The van der Waals surface area contributed by atoms with Crippen LogP contribution in [0.5, 0.6) is 0 Å². The number of carbonyl (C=O) groups is 6. The van der Waals surface area contributed by atoms with E-state index in [1.807, 2.05) is 0 Å². The van der Waals surface area contributed by atoms with E-state index in [0.29, 0.717) is 11.3 Å². The van der Waals surface area contributed by atoms with Gasteiger partial charge in [-0.1, -0.05) is 30.3 Å². The van der Waals surface area contributed by atoms with E-state index in [1.165, 1.54) is 12.5 Å². The fraction of sp³-hybridized carbons (Fsp3) is 0.375. The van der Waals surface area contributed by atoms with Crippen molar-refractivity contribution in [2.45, 2.75) is 56.3 Å². The molecule has 210 valence electrons. The minimum absolute atomic E-state index is 0.0584. The van der Waals surface area contributed by atoms with Gasteiger partial charge in [0.1, 0.15) is 18.1 Å². The fourth-order valence-corrected chi connectivity index (χ4v) is 3.57. The quantitative estimate of drug-likeness (QED) is 0.108. The molecule has 0 aliphatic rings. The van der Waals surface area contributed by atoms with Gasteiger partial charge in [0.25, 0.3) is 0 Å². The molecule has 0 saturated carbocycles. The van der Waals surface area contributed by atoms with Gasteiger partial charge in [0, 0.05) is 31.2 Å². The number of hydrogen-bond acceptors (Lipinski definition) is 8. The number of primary amides is 2. The summed E-state index contributed by atoms with van der Waals surface area (Å²) in [6, 6.07) is 3.21. The Balaban J connectivity index is 2.22. The van der Waals surface area contributed by atoms with Crippen LogP contribution < -0.4 is 33.2 Å². The van der Waals surface area contributed by atoms with E-state index < -0.39 is 66.1 Å². The van der Waals surface area contributed by atoms with Gasteiger partial charge in [-0.05, 0) is 12.0 Å². The highest BCUT2D eigenvalue weighted by atomic mass is 16.4. The zero-order chi connectivity index (χ0) is 28.9. The summed E-state index contributed by atoms with van der Waals surface area (Å²) in [6.07, 6.45) is 1.81. The number of rotatable bonds is 16. The molecule has 2 rings (SSSR count). The maximum atomic E-state index is 13.2. The van der Waals surface area contributed by atoms with Gasteiger partial charge in [0.05, 0.1) is 18.8 Å². The van der Waals surface area contributed by atoms with Gasteiger partial charge in [-0.3, -0.25) is 24.0 Å². The normalized spacial score (nSPS) is 13.8. The summed E-state index contributed by atoms with van der Waals surface area (Å²) >= 11 is 0. The molecule has 2 aromatic rings. The highest BCUT2D eigenvalue weighted by Crippen LogP contribution is 2.07. The minimum atomic E-state index is -1.63. The van der Waals surface area contributed by atoms with Crippen LogP contribution in [0, 0.1) is 0 Å². The minimum Gasteiger partial charge on any atom is -0.480 e. The molecule has 5 amide bonds. The van der Waals surface area contributed by atoms with Crippen molar-refractivity contribution in [2.24, 2.45) is 17.2 Å². The zero-order valence-electron chi connectivity index (χ0n) is 21.0. The molecule has 1 heterocycles. The molecular weight excluding hydrogens is 512 g/mol. The standard InChI is InChI=1S/C24H32N8O7/c25-15(9-14-11-28-12-29-14)21(35)30-16(6-7-19(26)33)22(36)31-17(8-13-4-2-1-3-5-13)23(37)32-18(24(38)39)10-20(27)34/h1-5,11-12,15-18H,6-10,25H2,(H2,26,33)(H2,27,34)(H,28,29)(H,30,35)(H,31,36)(H,32,37)(H,38,39). The third-order valence-corrected chi connectivity index (χ3v) is 5.58. The van der Waals surface area contributed by atoms with Gasteiger partial charge in [-0.2, -0.15) is 0 Å². The number of aromatic amines is 1. The molecule has 0 aliphatic carbocycles. The van der Waals surface area contributed by atoms with Crippen LogP contribution in [0.3, 0.4) is 0 Å². The molecule has 0 radical (unpaired) electrons. The van der Waals surface area contributed by atoms with E-state index >= 15 is 0 Å². The lowest BCUT2D eigenvalue weighted by atomic mass is 10.0. The predicted molar refractivity (Wildman–Crippen MR) is 136 cm³/mol. The van der Waals surface area contributed by atoms with E-state index in [2.05, 4.69) is 25.9 Å². The molecule has 15 nitrogen and oxygen atoms in total. The Labute approximate surface area is 223 Å². The van der Waals surface area contributed by atoms with Crippen molar-refractivity contribution in [2.75, 3.05) is 0 Å². The number of imidazole rings is 1. The second-order valence-corrected chi connectivity index (χ2v) is 8.77. The number of H-pyrrole nitrogens is 1. The first-order valence-corrected chi connectivity index (χ1v) is 11.9. The molecule has 0 bridgehead atoms. The van der Waals surface area contributed by atoms with E-state index in [4.69, 9.17) is 17.2 Å². The number of amides is 5. The fourth-order valence-electron chi connectivity index (χ4n) is 3.57. The SMILES string of the molecule is NC(=O)CCC(NC(=O)C(N)Cc1cnc[nH]1)C(=O)NC(Cc1ccccc1)C(=O)NC(CC(N)=O)C(=O)O. The van der Waals surface area contributed by atoms with Gasteiger partial charge in [0.15, 0.2) is 0 Å². The molecule has 1 aromatic heterocycles. The smallest absolute Gasteiger partial charge is 0.326 e. The molecule has 11 N–H and O–H groups in total. The summed E-state index contributed by atoms with van der Waals surface area (Å²) in [5, 5.41) is 16.5. The second-order valence-electron chi connectivity index (χ2n) is 8.77. The maximum Gasteiger partial charge on any atom is 0.326 e. The number of nitrogens with one attached hydrogen (secondary N) is 4. The molecule has 0 fully saturated rings. The topological polar surface area (TPSA) is 265 Å². The predicted octanol–water partition coefficient (Wildman–Crippen LogP) is -2.80. The Bertz CT molecular complexity index is 1160. The second kappa shape index (κ2) is 14.8. The van der Waals surface area contributed by atoms with Crippen molar-refractivity contribution in [3.63, 3.8) is 0 Å². The lowest BCUT2D eigenvalue weighted by Gasteiger charge is -2.25. The first-order valence-electron chi connectivity index (χ1n) is 11.9. The number of hydrogen-bond donors (Lipinski definition) is 8. The van der Waals surface area contributed by atoms with Crippen LogP contribution in [0.25, 0.3) is 0 Å². The average Bonchev–Trinajstić information content (AvgIpc) is 3.38. The summed E-state index contributed by atoms with van der Waals surface area (Å²) < 4.78 is 0. The third kappa shape index (κ3) is 10.6. The van der Waals surface area contributed by atoms with Crippen molar-refractivity contribution >= 4 is 35.5 Å². The number of carboxylic acid groups (broad SMARTS) is 1. The molecule has 0 saturated heterocycles. The van der Waals surface area contributed by atoms with Crippen molar-refractivity contribution < 1.29 is 33.9 Å². The molecule has 1 aromatic carbocycles. The van der Waals surface area contributed by atoms with Gasteiger partial charge in [-0.25, -0.2) is 9.78 Å². The highest BCUT2D eigenvalue weighted by molar-refractivity contribution is 5.95. The average molecular weight is 545 g/mol. The largest absolute Gasteiger partial charge is 0.480 e. The Kier molecular flexibility index (Phi) is 11.6. The third-order valence-electron chi connectivity index (χ3n) is 5.58. The number of carbonyl (C=O) groups excluding carboxylic acids is 5. The Morgan fingerprint density at radius 3 is 2.03 bits per heavy atom. The summed E-state index contributed by atoms with van der Waals surface area (Å²) in [4.78, 5) is 79.8. The van der Waals surface area contributed by atoms with Crippen LogP contribution in [0.15, 0.2) is 42.9 Å². The molecule has 4 unspecified atom stereocenters. The lowest BCUT2D eigenvalue weighted by molar-refractivity contribution is -0.143. The van der Waals surface area contributed by atoms with E-state index in [0.717, 1.165) is 0 Å². The number of aromatic nitrogens is 2. The Hall–Kier alpha value is -4.79. The van der Waals surface area contributed by atoms with Crippen LogP contribution in [-0.4, -0.2) is 74.7 Å².